The first-order chi connectivity index (χ1) is 14.5. The normalized spacial score (nSPS) is 17.3. The molecule has 30 heavy (non-hydrogen) atoms. The maximum absolute atomic E-state index is 12.1. The Balaban J connectivity index is 1.70. The number of amides is 1. The number of rotatable bonds is 7. The molecular weight excluding hydrogens is 374 g/mol. The molecule has 1 aliphatic heterocycles. The zero-order chi connectivity index (χ0) is 21.5. The fraction of sp³-hybridized carbons (Fsp3) is 0.417. The zero-order valence-corrected chi connectivity index (χ0v) is 18.4. The molecule has 1 aliphatic rings. The van der Waals surface area contributed by atoms with Crippen LogP contribution in [0.25, 0.3) is 0 Å². The summed E-state index contributed by atoms with van der Waals surface area (Å²) >= 11 is 0. The summed E-state index contributed by atoms with van der Waals surface area (Å²) in [6.07, 6.45) is 0.479. The standard InChI is InChI=1S/C24H33N5O/c1-5-25-24(27-16-22(29(3)4)18-12-10-17(2)11-13-18)26-15-19-14-23(30)28-21-9-7-6-8-20(19)21/h6-13,19,22H,5,14-16H2,1-4H3,(H,28,30)(H2,25,26,27). The Kier molecular flexibility index (Phi) is 7.46. The van der Waals surface area contributed by atoms with Crippen LogP contribution in [0.4, 0.5) is 5.69 Å². The first-order valence-corrected chi connectivity index (χ1v) is 10.6. The molecule has 0 bridgehead atoms. The van der Waals surface area contributed by atoms with Crippen molar-refractivity contribution in [3.8, 4) is 0 Å². The molecular formula is C24H33N5O. The Morgan fingerprint density at radius 3 is 2.60 bits per heavy atom. The molecule has 2 aromatic rings. The van der Waals surface area contributed by atoms with Crippen molar-refractivity contribution in [2.45, 2.75) is 32.2 Å². The van der Waals surface area contributed by atoms with Crippen molar-refractivity contribution >= 4 is 17.6 Å². The lowest BCUT2D eigenvalue weighted by molar-refractivity contribution is -0.116. The van der Waals surface area contributed by atoms with Gasteiger partial charge < -0.3 is 20.9 Å². The number of anilines is 1. The summed E-state index contributed by atoms with van der Waals surface area (Å²) < 4.78 is 0. The highest BCUT2D eigenvalue weighted by atomic mass is 16.1. The highest BCUT2D eigenvalue weighted by molar-refractivity contribution is 5.94. The van der Waals surface area contributed by atoms with Crippen LogP contribution in [0.15, 0.2) is 53.5 Å². The van der Waals surface area contributed by atoms with Gasteiger partial charge in [0, 0.05) is 31.1 Å². The van der Waals surface area contributed by atoms with Crippen LogP contribution < -0.4 is 16.0 Å². The van der Waals surface area contributed by atoms with E-state index < -0.39 is 0 Å². The molecule has 160 valence electrons. The van der Waals surface area contributed by atoms with E-state index in [-0.39, 0.29) is 17.9 Å². The van der Waals surface area contributed by atoms with Gasteiger partial charge in [-0.2, -0.15) is 0 Å². The highest BCUT2D eigenvalue weighted by Gasteiger charge is 2.24. The van der Waals surface area contributed by atoms with E-state index in [9.17, 15) is 4.79 Å². The van der Waals surface area contributed by atoms with E-state index in [0.29, 0.717) is 19.5 Å². The second-order valence-corrected chi connectivity index (χ2v) is 8.03. The fourth-order valence-corrected chi connectivity index (χ4v) is 3.78. The van der Waals surface area contributed by atoms with Crippen LogP contribution in [0.5, 0.6) is 0 Å². The molecule has 0 aliphatic carbocycles. The second kappa shape index (κ2) is 10.3. The van der Waals surface area contributed by atoms with E-state index in [1.807, 2.05) is 18.2 Å². The number of hydrogen-bond acceptors (Lipinski definition) is 3. The lowest BCUT2D eigenvalue weighted by atomic mass is 9.90. The number of guanidine groups is 1. The van der Waals surface area contributed by atoms with Crippen molar-refractivity contribution in [3.05, 3.63) is 65.2 Å². The second-order valence-electron chi connectivity index (χ2n) is 8.03. The molecule has 6 heteroatoms. The van der Waals surface area contributed by atoms with Crippen LogP contribution in [0.3, 0.4) is 0 Å². The summed E-state index contributed by atoms with van der Waals surface area (Å²) in [5.41, 5.74) is 4.59. The van der Waals surface area contributed by atoms with Crippen molar-refractivity contribution in [2.75, 3.05) is 39.0 Å². The Morgan fingerprint density at radius 2 is 1.90 bits per heavy atom. The van der Waals surface area contributed by atoms with Crippen LogP contribution in [-0.2, 0) is 4.79 Å². The van der Waals surface area contributed by atoms with Gasteiger partial charge in [-0.25, -0.2) is 0 Å². The molecule has 6 nitrogen and oxygen atoms in total. The molecule has 3 rings (SSSR count). The van der Waals surface area contributed by atoms with Gasteiger partial charge in [-0.3, -0.25) is 9.79 Å². The van der Waals surface area contributed by atoms with Crippen LogP contribution in [0.2, 0.25) is 0 Å². The van der Waals surface area contributed by atoms with Gasteiger partial charge in [0.15, 0.2) is 5.96 Å². The van der Waals surface area contributed by atoms with Crippen LogP contribution in [0.1, 0.15) is 42.0 Å². The lowest BCUT2D eigenvalue weighted by Gasteiger charge is -2.27. The minimum absolute atomic E-state index is 0.0643. The Hall–Kier alpha value is -2.86. The monoisotopic (exact) mass is 407 g/mol. The third-order valence-corrected chi connectivity index (χ3v) is 5.47. The molecule has 0 radical (unpaired) electrons. The summed E-state index contributed by atoms with van der Waals surface area (Å²) in [6.45, 7) is 6.25. The van der Waals surface area contributed by atoms with E-state index in [1.165, 1.54) is 16.7 Å². The number of nitrogens with one attached hydrogen (secondary N) is 3. The minimum Gasteiger partial charge on any atom is -0.357 e. The highest BCUT2D eigenvalue weighted by Crippen LogP contribution is 2.31. The molecule has 3 N–H and O–H groups in total. The van der Waals surface area contributed by atoms with Crippen LogP contribution in [0, 0.1) is 6.92 Å². The molecule has 1 amide bonds. The van der Waals surface area contributed by atoms with E-state index in [2.05, 4.69) is 79.1 Å². The van der Waals surface area contributed by atoms with Crippen molar-refractivity contribution < 1.29 is 4.79 Å². The summed E-state index contributed by atoms with van der Waals surface area (Å²) in [6, 6.07) is 16.9. The Labute approximate surface area is 179 Å². The number of fused-ring (bicyclic) bond motifs is 1. The first kappa shape index (κ1) is 21.8. The van der Waals surface area contributed by atoms with Gasteiger partial charge in [-0.1, -0.05) is 48.0 Å². The quantitative estimate of drug-likeness (QED) is 0.487. The van der Waals surface area contributed by atoms with E-state index in [0.717, 1.165) is 18.2 Å². The van der Waals surface area contributed by atoms with Gasteiger partial charge in [-0.15, -0.1) is 0 Å². The number of aryl methyl sites for hydroxylation is 1. The van der Waals surface area contributed by atoms with Crippen molar-refractivity contribution in [2.24, 2.45) is 4.99 Å². The lowest BCUT2D eigenvalue weighted by Crippen LogP contribution is -2.41. The Morgan fingerprint density at radius 1 is 1.17 bits per heavy atom. The SMILES string of the molecule is CCNC(=NCC(c1ccc(C)cc1)N(C)C)NCC1CC(=O)Nc2ccccc21. The van der Waals surface area contributed by atoms with Crippen molar-refractivity contribution in [1.29, 1.82) is 0 Å². The molecule has 0 fully saturated rings. The fourth-order valence-electron chi connectivity index (χ4n) is 3.78. The van der Waals surface area contributed by atoms with Gasteiger partial charge in [0.2, 0.25) is 5.91 Å². The molecule has 0 spiro atoms. The predicted molar refractivity (Wildman–Crippen MR) is 124 cm³/mol. The van der Waals surface area contributed by atoms with Crippen molar-refractivity contribution in [1.82, 2.24) is 15.5 Å². The van der Waals surface area contributed by atoms with Crippen molar-refractivity contribution in [3.63, 3.8) is 0 Å². The summed E-state index contributed by atoms with van der Waals surface area (Å²) in [7, 11) is 4.16. The molecule has 2 aromatic carbocycles. The largest absolute Gasteiger partial charge is 0.357 e. The van der Waals surface area contributed by atoms with Crippen LogP contribution in [-0.4, -0.2) is 50.5 Å². The zero-order valence-electron chi connectivity index (χ0n) is 18.4. The third-order valence-electron chi connectivity index (χ3n) is 5.47. The minimum atomic E-state index is 0.0643. The topological polar surface area (TPSA) is 68.8 Å². The summed E-state index contributed by atoms with van der Waals surface area (Å²) in [5.74, 6) is 0.968. The van der Waals surface area contributed by atoms with Gasteiger partial charge >= 0.3 is 0 Å². The average Bonchev–Trinajstić information content (AvgIpc) is 2.72. The molecule has 2 atom stereocenters. The third kappa shape index (κ3) is 5.60. The number of aliphatic imine (C=N–C) groups is 1. The van der Waals surface area contributed by atoms with E-state index >= 15 is 0 Å². The summed E-state index contributed by atoms with van der Waals surface area (Å²) in [5, 5.41) is 9.74. The first-order valence-electron chi connectivity index (χ1n) is 10.6. The molecule has 0 aromatic heterocycles. The number of likely N-dealkylation sites (N-methyl/N-ethyl adjacent to an activating group) is 1. The molecule has 1 heterocycles. The predicted octanol–water partition coefficient (Wildman–Crippen LogP) is 3.28. The smallest absolute Gasteiger partial charge is 0.225 e. The van der Waals surface area contributed by atoms with Gasteiger partial charge in [-0.05, 0) is 45.1 Å². The Bertz CT molecular complexity index is 875. The maximum atomic E-state index is 12.1. The number of hydrogen-bond donors (Lipinski definition) is 3. The molecule has 0 saturated carbocycles. The number of nitrogens with zero attached hydrogens (tertiary/aromatic N) is 2. The molecule has 0 saturated heterocycles. The summed E-state index contributed by atoms with van der Waals surface area (Å²) in [4.78, 5) is 19.1. The van der Waals surface area contributed by atoms with Gasteiger partial charge in [0.1, 0.15) is 0 Å². The number of carbonyl (C=O) groups excluding carboxylic acids is 1. The average molecular weight is 408 g/mol. The van der Waals surface area contributed by atoms with E-state index in [4.69, 9.17) is 4.99 Å². The van der Waals surface area contributed by atoms with Gasteiger partial charge in [0.05, 0.1) is 12.6 Å². The van der Waals surface area contributed by atoms with Gasteiger partial charge in [0.25, 0.3) is 0 Å². The molecule has 2 unspecified atom stereocenters. The number of carbonyl (C=O) groups is 1. The maximum Gasteiger partial charge on any atom is 0.225 e. The number of para-hydroxylation sites is 1. The van der Waals surface area contributed by atoms with Crippen LogP contribution >= 0.6 is 0 Å². The van der Waals surface area contributed by atoms with E-state index in [1.54, 1.807) is 0 Å². The number of benzene rings is 2.